The first-order valence-electron chi connectivity index (χ1n) is 6.97. The molecule has 116 valence electrons. The van der Waals surface area contributed by atoms with E-state index in [0.29, 0.717) is 18.2 Å². The van der Waals surface area contributed by atoms with Crippen LogP contribution in [0.15, 0.2) is 29.2 Å². The van der Waals surface area contributed by atoms with E-state index in [1.165, 1.54) is 0 Å². The number of nitrogens with two attached hydrogens (primary N) is 1. The van der Waals surface area contributed by atoms with Crippen LogP contribution in [0.2, 0.25) is 0 Å². The van der Waals surface area contributed by atoms with Gasteiger partial charge in [-0.2, -0.15) is 0 Å². The lowest BCUT2D eigenvalue weighted by Gasteiger charge is -2.23. The summed E-state index contributed by atoms with van der Waals surface area (Å²) in [5, 5.41) is 6.95. The third-order valence-corrected chi connectivity index (χ3v) is 3.53. The molecule has 0 aliphatic rings. The molecule has 0 aliphatic carbocycles. The quantitative estimate of drug-likeness (QED) is 0.484. The normalized spacial score (nSPS) is 12.0. The van der Waals surface area contributed by atoms with E-state index in [4.69, 9.17) is 10.4 Å². The van der Waals surface area contributed by atoms with Crippen LogP contribution < -0.4 is 16.6 Å². The molecule has 0 aromatic carbocycles. The van der Waals surface area contributed by atoms with Crippen LogP contribution in [-0.2, 0) is 5.41 Å². The van der Waals surface area contributed by atoms with Crippen molar-refractivity contribution < 1.29 is 4.52 Å². The number of nitrogens with one attached hydrogen (secondary N) is 2. The summed E-state index contributed by atoms with van der Waals surface area (Å²) in [5.41, 5.74) is 5.11. The number of rotatable bonds is 5. The first-order chi connectivity index (χ1) is 10.5. The molecule has 0 fully saturated rings. The maximum atomic E-state index is 5.48. The molecule has 3 rings (SSSR count). The summed E-state index contributed by atoms with van der Waals surface area (Å²) in [4.78, 5) is 8.81. The van der Waals surface area contributed by atoms with Crippen LogP contribution >= 0.6 is 0 Å². The van der Waals surface area contributed by atoms with E-state index < -0.39 is 0 Å². The van der Waals surface area contributed by atoms with Crippen molar-refractivity contribution in [1.82, 2.24) is 25.0 Å². The van der Waals surface area contributed by atoms with Gasteiger partial charge in [-0.15, -0.1) is 0 Å². The third kappa shape index (κ3) is 2.53. The lowest BCUT2D eigenvalue weighted by molar-refractivity contribution is 0.429. The topological polar surface area (TPSA) is 106 Å². The van der Waals surface area contributed by atoms with Crippen LogP contribution in [0.3, 0.4) is 0 Å². The zero-order valence-corrected chi connectivity index (χ0v) is 12.8. The highest BCUT2D eigenvalue weighted by Crippen LogP contribution is 2.26. The third-order valence-electron chi connectivity index (χ3n) is 3.53. The number of aromatic nitrogens is 4. The molecule has 0 spiro atoms. The van der Waals surface area contributed by atoms with Crippen molar-refractivity contribution in [3.8, 4) is 0 Å². The molecule has 0 atom stereocenters. The highest BCUT2D eigenvalue weighted by molar-refractivity contribution is 5.68. The molecule has 0 amide bonds. The molecule has 0 radical (unpaired) electrons. The Hall–Kier alpha value is -2.45. The van der Waals surface area contributed by atoms with Crippen LogP contribution in [0.4, 0.5) is 11.7 Å². The molecule has 4 N–H and O–H groups in total. The van der Waals surface area contributed by atoms with Crippen molar-refractivity contribution in [2.45, 2.75) is 26.2 Å². The molecule has 0 saturated heterocycles. The smallest absolute Gasteiger partial charge is 0.230 e. The fourth-order valence-corrected chi connectivity index (χ4v) is 2.39. The van der Waals surface area contributed by atoms with Crippen LogP contribution in [0.25, 0.3) is 5.65 Å². The summed E-state index contributed by atoms with van der Waals surface area (Å²) in [6, 6.07) is 1.80. The zero-order valence-electron chi connectivity index (χ0n) is 12.8. The minimum atomic E-state index is -0.171. The van der Waals surface area contributed by atoms with Crippen molar-refractivity contribution >= 4 is 17.3 Å². The first-order valence-corrected chi connectivity index (χ1v) is 6.97. The number of anilines is 2. The number of hydrazine groups is 1. The molecular formula is C14H19N7O. The van der Waals surface area contributed by atoms with Crippen LogP contribution in [0.5, 0.6) is 0 Å². The SMILES string of the molecule is Cc1cc(Nc2nccn3c(C(C)(C)CNN)cnc23)on1. The fraction of sp³-hybridized carbons (Fsp3) is 0.357. The van der Waals surface area contributed by atoms with Crippen LogP contribution in [0, 0.1) is 6.92 Å². The summed E-state index contributed by atoms with van der Waals surface area (Å²) in [6.07, 6.45) is 5.44. The van der Waals surface area contributed by atoms with E-state index >= 15 is 0 Å². The largest absolute Gasteiger partial charge is 0.338 e. The van der Waals surface area contributed by atoms with Gasteiger partial charge in [0.15, 0.2) is 11.5 Å². The summed E-state index contributed by atoms with van der Waals surface area (Å²) in [6.45, 7) is 6.69. The van der Waals surface area contributed by atoms with E-state index in [0.717, 1.165) is 17.0 Å². The summed E-state index contributed by atoms with van der Waals surface area (Å²) >= 11 is 0. The minimum absolute atomic E-state index is 0.171. The molecule has 3 aromatic heterocycles. The molecule has 8 nitrogen and oxygen atoms in total. The lowest BCUT2D eigenvalue weighted by atomic mass is 9.90. The molecule has 22 heavy (non-hydrogen) atoms. The average molecular weight is 301 g/mol. The van der Waals surface area contributed by atoms with E-state index in [1.54, 1.807) is 12.3 Å². The second kappa shape index (κ2) is 5.39. The summed E-state index contributed by atoms with van der Waals surface area (Å²) in [7, 11) is 0. The number of hydrogen-bond donors (Lipinski definition) is 3. The minimum Gasteiger partial charge on any atom is -0.338 e. The number of aryl methyl sites for hydroxylation is 1. The predicted molar refractivity (Wildman–Crippen MR) is 82.7 cm³/mol. The van der Waals surface area contributed by atoms with Gasteiger partial charge in [0.1, 0.15) is 0 Å². The number of imidazole rings is 1. The van der Waals surface area contributed by atoms with Gasteiger partial charge in [0.25, 0.3) is 0 Å². The van der Waals surface area contributed by atoms with Crippen LogP contribution in [0.1, 0.15) is 25.2 Å². The standard InChI is InChI=1S/C14H19N7O/c1-9-6-11(22-20-9)19-12-13-17-7-10(14(2,3)8-18-15)21(13)5-4-16-12/h4-7,18H,8,15H2,1-3H3,(H,16,19). The number of nitrogens with zero attached hydrogens (tertiary/aromatic N) is 4. The van der Waals surface area contributed by atoms with Gasteiger partial charge >= 0.3 is 0 Å². The molecule has 0 unspecified atom stereocenters. The van der Waals surface area contributed by atoms with Crippen molar-refractivity contribution in [2.75, 3.05) is 11.9 Å². The second-order valence-corrected chi connectivity index (χ2v) is 5.84. The Labute approximate surface area is 127 Å². The maximum Gasteiger partial charge on any atom is 0.230 e. The Morgan fingerprint density at radius 1 is 1.36 bits per heavy atom. The monoisotopic (exact) mass is 301 g/mol. The number of fused-ring (bicyclic) bond motifs is 1. The zero-order chi connectivity index (χ0) is 15.7. The van der Waals surface area contributed by atoms with Gasteiger partial charge in [0.2, 0.25) is 5.88 Å². The van der Waals surface area contributed by atoms with Gasteiger partial charge in [0, 0.05) is 42.3 Å². The van der Waals surface area contributed by atoms with Crippen molar-refractivity contribution in [3.63, 3.8) is 0 Å². The molecule has 0 aliphatic heterocycles. The average Bonchev–Trinajstić information content (AvgIpc) is 3.06. The number of hydrogen-bond acceptors (Lipinski definition) is 7. The molecule has 8 heteroatoms. The van der Waals surface area contributed by atoms with Gasteiger partial charge in [-0.25, -0.2) is 9.97 Å². The molecule has 0 saturated carbocycles. The first kappa shape index (κ1) is 14.5. The van der Waals surface area contributed by atoms with Crippen LogP contribution in [-0.4, -0.2) is 26.1 Å². The maximum absolute atomic E-state index is 5.48. The highest BCUT2D eigenvalue weighted by Gasteiger charge is 2.25. The highest BCUT2D eigenvalue weighted by atomic mass is 16.5. The Balaban J connectivity index is 2.02. The van der Waals surface area contributed by atoms with Crippen molar-refractivity contribution in [3.05, 3.63) is 36.0 Å². The Kier molecular flexibility index (Phi) is 3.55. The van der Waals surface area contributed by atoms with E-state index in [2.05, 4.69) is 39.7 Å². The molecule has 0 bridgehead atoms. The fourth-order valence-electron chi connectivity index (χ4n) is 2.39. The van der Waals surface area contributed by atoms with Gasteiger partial charge in [0.05, 0.1) is 5.69 Å². The van der Waals surface area contributed by atoms with Gasteiger partial charge in [-0.3, -0.25) is 15.7 Å². The lowest BCUT2D eigenvalue weighted by Crippen LogP contribution is -2.37. The summed E-state index contributed by atoms with van der Waals surface area (Å²) < 4.78 is 7.16. The summed E-state index contributed by atoms with van der Waals surface area (Å²) in [5.74, 6) is 6.62. The Morgan fingerprint density at radius 3 is 2.86 bits per heavy atom. The van der Waals surface area contributed by atoms with Crippen molar-refractivity contribution in [1.29, 1.82) is 0 Å². The van der Waals surface area contributed by atoms with Gasteiger partial charge < -0.3 is 9.84 Å². The molecule has 3 heterocycles. The van der Waals surface area contributed by atoms with Gasteiger partial charge in [-0.05, 0) is 6.92 Å². The van der Waals surface area contributed by atoms with Gasteiger partial charge in [-0.1, -0.05) is 19.0 Å². The second-order valence-electron chi connectivity index (χ2n) is 5.84. The Morgan fingerprint density at radius 2 is 2.18 bits per heavy atom. The molecule has 3 aromatic rings. The van der Waals surface area contributed by atoms with E-state index in [1.807, 2.05) is 23.7 Å². The van der Waals surface area contributed by atoms with Crippen molar-refractivity contribution in [2.24, 2.45) is 5.84 Å². The Bertz CT molecular complexity index is 789. The van der Waals surface area contributed by atoms with E-state index in [9.17, 15) is 0 Å². The predicted octanol–water partition coefficient (Wildman–Crippen LogP) is 1.51. The van der Waals surface area contributed by atoms with E-state index in [-0.39, 0.29) is 5.41 Å². The molecular weight excluding hydrogens is 282 g/mol.